The Morgan fingerprint density at radius 1 is 1.24 bits per heavy atom. The molecule has 0 saturated carbocycles. The van der Waals surface area contributed by atoms with Gasteiger partial charge in [0.05, 0.1) is 5.69 Å². The molecule has 2 aliphatic heterocycles. The number of anilines is 1. The molecule has 4 nitrogen and oxygen atoms in total. The number of alkyl halides is 1. The number of nitrogens with zero attached hydrogens (tertiary/aromatic N) is 4. The van der Waals surface area contributed by atoms with E-state index in [1.807, 2.05) is 0 Å². The fourth-order valence-electron chi connectivity index (χ4n) is 3.71. The molecule has 2 aromatic heterocycles. The molecular weight excluding hydrogens is 348 g/mol. The molecule has 2 saturated heterocycles. The number of rotatable bonds is 3. The van der Waals surface area contributed by atoms with E-state index < -0.39 is 0 Å². The number of piperidine rings is 1. The smallest absolute Gasteiger partial charge is 0.195 e. The second-order valence-corrected chi connectivity index (χ2v) is 7.49. The van der Waals surface area contributed by atoms with Gasteiger partial charge in [-0.25, -0.2) is 4.98 Å². The number of halogens is 1. The minimum Gasteiger partial charge on any atom is -0.353 e. The Labute approximate surface area is 137 Å². The SMILES string of the molecule is BrCc1c(N2CCC(N3CCCCC3)C2)nc2sccn12. The van der Waals surface area contributed by atoms with E-state index in [0.29, 0.717) is 0 Å². The molecule has 0 spiro atoms. The second-order valence-electron chi connectivity index (χ2n) is 6.06. The molecule has 4 rings (SSSR count). The maximum Gasteiger partial charge on any atom is 0.195 e. The molecular formula is C15H21BrN4S. The van der Waals surface area contributed by atoms with Crippen molar-refractivity contribution in [3.05, 3.63) is 17.3 Å². The molecule has 2 fully saturated rings. The average Bonchev–Trinajstić information content (AvgIpc) is 3.22. The van der Waals surface area contributed by atoms with Crippen molar-refractivity contribution >= 4 is 38.0 Å². The number of imidazole rings is 1. The van der Waals surface area contributed by atoms with Crippen molar-refractivity contribution in [3.8, 4) is 0 Å². The van der Waals surface area contributed by atoms with E-state index >= 15 is 0 Å². The molecule has 0 amide bonds. The zero-order chi connectivity index (χ0) is 14.2. The number of fused-ring (bicyclic) bond motifs is 1. The maximum atomic E-state index is 4.86. The van der Waals surface area contributed by atoms with Crippen LogP contribution in [0.2, 0.25) is 0 Å². The largest absolute Gasteiger partial charge is 0.353 e. The summed E-state index contributed by atoms with van der Waals surface area (Å²) in [6.45, 7) is 4.88. The molecule has 0 aromatic carbocycles. The fourth-order valence-corrected chi connectivity index (χ4v) is 4.96. The molecule has 2 aliphatic rings. The molecule has 114 valence electrons. The van der Waals surface area contributed by atoms with Gasteiger partial charge in [-0.2, -0.15) is 0 Å². The summed E-state index contributed by atoms with van der Waals surface area (Å²) < 4.78 is 2.23. The Morgan fingerprint density at radius 3 is 2.90 bits per heavy atom. The van der Waals surface area contributed by atoms with E-state index in [1.54, 1.807) is 11.3 Å². The lowest BCUT2D eigenvalue weighted by Gasteiger charge is -2.32. The molecule has 21 heavy (non-hydrogen) atoms. The highest BCUT2D eigenvalue weighted by Crippen LogP contribution is 2.30. The van der Waals surface area contributed by atoms with Gasteiger partial charge in [0.25, 0.3) is 0 Å². The van der Waals surface area contributed by atoms with Crippen LogP contribution in [0, 0.1) is 0 Å². The molecule has 0 N–H and O–H groups in total. The van der Waals surface area contributed by atoms with Gasteiger partial charge in [-0.1, -0.05) is 22.4 Å². The quantitative estimate of drug-likeness (QED) is 0.776. The third kappa shape index (κ3) is 2.51. The van der Waals surface area contributed by atoms with E-state index in [1.165, 1.54) is 50.3 Å². The van der Waals surface area contributed by atoms with E-state index in [9.17, 15) is 0 Å². The Hall–Kier alpha value is -0.590. The Kier molecular flexibility index (Phi) is 3.94. The summed E-state index contributed by atoms with van der Waals surface area (Å²) in [5.74, 6) is 1.19. The van der Waals surface area contributed by atoms with Gasteiger partial charge in [-0.15, -0.1) is 11.3 Å². The van der Waals surface area contributed by atoms with Crippen LogP contribution in [0.15, 0.2) is 11.6 Å². The van der Waals surface area contributed by atoms with Gasteiger partial charge in [0, 0.05) is 36.0 Å². The minimum absolute atomic E-state index is 0.730. The third-order valence-corrected chi connectivity index (χ3v) is 6.12. The van der Waals surface area contributed by atoms with Crippen LogP contribution in [-0.2, 0) is 5.33 Å². The summed E-state index contributed by atoms with van der Waals surface area (Å²) in [5, 5.41) is 2.98. The lowest BCUT2D eigenvalue weighted by atomic mass is 10.1. The lowest BCUT2D eigenvalue weighted by Crippen LogP contribution is -2.41. The molecule has 0 aliphatic carbocycles. The second kappa shape index (κ2) is 5.89. The summed E-state index contributed by atoms with van der Waals surface area (Å²) in [7, 11) is 0. The molecule has 1 unspecified atom stereocenters. The van der Waals surface area contributed by atoms with Gasteiger partial charge < -0.3 is 4.90 Å². The third-order valence-electron chi connectivity index (χ3n) is 4.84. The molecule has 6 heteroatoms. The summed E-state index contributed by atoms with van der Waals surface area (Å²) in [4.78, 5) is 11.2. The van der Waals surface area contributed by atoms with Crippen molar-refractivity contribution in [1.29, 1.82) is 0 Å². The normalized spacial score (nSPS) is 24.2. The van der Waals surface area contributed by atoms with Crippen molar-refractivity contribution in [2.75, 3.05) is 31.1 Å². The fraction of sp³-hybridized carbons (Fsp3) is 0.667. The van der Waals surface area contributed by atoms with Crippen molar-refractivity contribution in [2.45, 2.75) is 37.1 Å². The van der Waals surface area contributed by atoms with Crippen LogP contribution >= 0.6 is 27.3 Å². The zero-order valence-electron chi connectivity index (χ0n) is 12.2. The number of likely N-dealkylation sites (tertiary alicyclic amines) is 1. The van der Waals surface area contributed by atoms with Crippen LogP contribution < -0.4 is 4.90 Å². The van der Waals surface area contributed by atoms with Crippen molar-refractivity contribution in [1.82, 2.24) is 14.3 Å². The molecule has 2 aromatic rings. The van der Waals surface area contributed by atoms with E-state index in [-0.39, 0.29) is 0 Å². The van der Waals surface area contributed by atoms with Crippen molar-refractivity contribution in [2.24, 2.45) is 0 Å². The van der Waals surface area contributed by atoms with Crippen molar-refractivity contribution in [3.63, 3.8) is 0 Å². The van der Waals surface area contributed by atoms with Gasteiger partial charge in [-0.3, -0.25) is 9.30 Å². The van der Waals surface area contributed by atoms with Crippen LogP contribution in [0.25, 0.3) is 4.96 Å². The van der Waals surface area contributed by atoms with Crippen LogP contribution in [0.1, 0.15) is 31.4 Å². The summed E-state index contributed by atoms with van der Waals surface area (Å²) in [5.41, 5.74) is 1.30. The Balaban J connectivity index is 1.54. The number of thiazole rings is 1. The highest BCUT2D eigenvalue weighted by Gasteiger charge is 2.31. The van der Waals surface area contributed by atoms with Gasteiger partial charge in [0.2, 0.25) is 0 Å². The van der Waals surface area contributed by atoms with Crippen LogP contribution in [-0.4, -0.2) is 46.5 Å². The Morgan fingerprint density at radius 2 is 2.10 bits per heavy atom. The van der Waals surface area contributed by atoms with Gasteiger partial charge in [-0.05, 0) is 32.4 Å². The van der Waals surface area contributed by atoms with Gasteiger partial charge in [0.15, 0.2) is 10.8 Å². The maximum absolute atomic E-state index is 4.86. The van der Waals surface area contributed by atoms with Gasteiger partial charge >= 0.3 is 0 Å². The zero-order valence-corrected chi connectivity index (χ0v) is 14.6. The predicted molar refractivity (Wildman–Crippen MR) is 91.7 cm³/mol. The summed E-state index contributed by atoms with van der Waals surface area (Å²) in [6, 6.07) is 0.730. The molecule has 0 radical (unpaired) electrons. The first-order chi connectivity index (χ1) is 10.4. The number of hydrogen-bond donors (Lipinski definition) is 0. The molecule has 4 heterocycles. The first-order valence-corrected chi connectivity index (χ1v) is 9.86. The first kappa shape index (κ1) is 14.0. The number of aromatic nitrogens is 2. The van der Waals surface area contributed by atoms with Crippen LogP contribution in [0.3, 0.4) is 0 Å². The van der Waals surface area contributed by atoms with E-state index in [2.05, 4.69) is 41.7 Å². The van der Waals surface area contributed by atoms with E-state index in [4.69, 9.17) is 4.98 Å². The standard InChI is InChI=1S/C15H21BrN4S/c16-10-13-14(17-15-20(13)8-9-21-15)19-7-4-12(11-19)18-5-2-1-3-6-18/h8-9,12H,1-7,10-11H2. The van der Waals surface area contributed by atoms with Crippen LogP contribution in [0.5, 0.6) is 0 Å². The topological polar surface area (TPSA) is 23.8 Å². The highest BCUT2D eigenvalue weighted by molar-refractivity contribution is 9.08. The Bertz CT molecular complexity index is 616. The highest BCUT2D eigenvalue weighted by atomic mass is 79.9. The monoisotopic (exact) mass is 368 g/mol. The first-order valence-electron chi connectivity index (χ1n) is 7.86. The lowest BCUT2D eigenvalue weighted by molar-refractivity contribution is 0.175. The summed E-state index contributed by atoms with van der Waals surface area (Å²) in [6.07, 6.45) is 7.59. The molecule has 1 atom stereocenters. The van der Waals surface area contributed by atoms with E-state index in [0.717, 1.165) is 29.4 Å². The predicted octanol–water partition coefficient (Wildman–Crippen LogP) is 3.36. The number of hydrogen-bond acceptors (Lipinski definition) is 4. The molecule has 0 bridgehead atoms. The van der Waals surface area contributed by atoms with Crippen molar-refractivity contribution < 1.29 is 0 Å². The minimum atomic E-state index is 0.730. The van der Waals surface area contributed by atoms with Crippen LogP contribution in [0.4, 0.5) is 5.82 Å². The summed E-state index contributed by atoms with van der Waals surface area (Å²) >= 11 is 5.36. The average molecular weight is 369 g/mol. The van der Waals surface area contributed by atoms with Gasteiger partial charge in [0.1, 0.15) is 0 Å².